The van der Waals surface area contributed by atoms with E-state index in [0.29, 0.717) is 12.2 Å². The topological polar surface area (TPSA) is 66.5 Å². The molecule has 0 saturated carbocycles. The van der Waals surface area contributed by atoms with Crippen LogP contribution in [0.25, 0.3) is 0 Å². The lowest BCUT2D eigenvalue weighted by molar-refractivity contribution is 0.257. The van der Waals surface area contributed by atoms with Crippen molar-refractivity contribution < 1.29 is 13.2 Å². The fraction of sp³-hybridized carbons (Fsp3) is 0.235. The summed E-state index contributed by atoms with van der Waals surface area (Å²) in [5, 5.41) is 2.82. The van der Waals surface area contributed by atoms with Crippen LogP contribution in [0.2, 0.25) is 0 Å². The van der Waals surface area contributed by atoms with Crippen LogP contribution in [-0.2, 0) is 16.3 Å². The Kier molecular flexibility index (Phi) is 3.85. The Bertz CT molecular complexity index is 858. The zero-order valence-corrected chi connectivity index (χ0v) is 13.9. The van der Waals surface area contributed by atoms with Crippen LogP contribution < -0.4 is 10.2 Å². The van der Waals surface area contributed by atoms with Gasteiger partial charge in [0.15, 0.2) is 9.84 Å². The SMILES string of the molecule is Cc1ccc2c(c1)N(C(=O)Nc1ccc(S(C)(=O)=O)cc1)CC2. The van der Waals surface area contributed by atoms with E-state index in [1.165, 1.54) is 12.1 Å². The summed E-state index contributed by atoms with van der Waals surface area (Å²) in [6.45, 7) is 2.64. The van der Waals surface area contributed by atoms with Gasteiger partial charge in [0.25, 0.3) is 0 Å². The molecule has 0 aliphatic carbocycles. The summed E-state index contributed by atoms with van der Waals surface area (Å²) < 4.78 is 22.9. The molecular weight excluding hydrogens is 312 g/mol. The molecular formula is C17H18N2O3S. The molecule has 6 heteroatoms. The first kappa shape index (κ1) is 15.6. The van der Waals surface area contributed by atoms with Crippen molar-refractivity contribution in [1.82, 2.24) is 0 Å². The molecule has 0 fully saturated rings. The van der Waals surface area contributed by atoms with Gasteiger partial charge in [-0.05, 0) is 54.8 Å². The minimum atomic E-state index is -3.23. The molecule has 120 valence electrons. The van der Waals surface area contributed by atoms with E-state index in [2.05, 4.69) is 11.4 Å². The van der Waals surface area contributed by atoms with Crippen molar-refractivity contribution in [3.63, 3.8) is 0 Å². The third-order valence-electron chi connectivity index (χ3n) is 3.92. The lowest BCUT2D eigenvalue weighted by Gasteiger charge is -2.18. The second-order valence-electron chi connectivity index (χ2n) is 5.76. The van der Waals surface area contributed by atoms with Crippen molar-refractivity contribution in [1.29, 1.82) is 0 Å². The van der Waals surface area contributed by atoms with E-state index in [1.54, 1.807) is 17.0 Å². The zero-order chi connectivity index (χ0) is 16.6. The Morgan fingerprint density at radius 1 is 1.13 bits per heavy atom. The highest BCUT2D eigenvalue weighted by molar-refractivity contribution is 7.90. The van der Waals surface area contributed by atoms with Crippen LogP contribution >= 0.6 is 0 Å². The first-order valence-electron chi connectivity index (χ1n) is 7.33. The second-order valence-corrected chi connectivity index (χ2v) is 7.78. The summed E-state index contributed by atoms with van der Waals surface area (Å²) in [6, 6.07) is 12.1. The largest absolute Gasteiger partial charge is 0.326 e. The number of carbonyl (C=O) groups is 1. The number of sulfone groups is 1. The first-order valence-corrected chi connectivity index (χ1v) is 9.22. The van der Waals surface area contributed by atoms with Gasteiger partial charge < -0.3 is 5.32 Å². The van der Waals surface area contributed by atoms with Crippen LogP contribution in [-0.4, -0.2) is 27.2 Å². The van der Waals surface area contributed by atoms with Crippen LogP contribution in [0.15, 0.2) is 47.4 Å². The predicted molar refractivity (Wildman–Crippen MR) is 90.8 cm³/mol. The maximum Gasteiger partial charge on any atom is 0.326 e. The van der Waals surface area contributed by atoms with Gasteiger partial charge in [0.05, 0.1) is 4.90 Å². The van der Waals surface area contributed by atoms with E-state index in [1.807, 2.05) is 19.1 Å². The van der Waals surface area contributed by atoms with Gasteiger partial charge >= 0.3 is 6.03 Å². The molecule has 23 heavy (non-hydrogen) atoms. The summed E-state index contributed by atoms with van der Waals surface area (Å²) in [6.07, 6.45) is 2.00. The molecule has 1 aliphatic heterocycles. The molecule has 3 rings (SSSR count). The molecule has 2 aromatic carbocycles. The molecule has 1 heterocycles. The summed E-state index contributed by atoms with van der Waals surface area (Å²) in [5.41, 5.74) is 3.79. The normalized spacial score (nSPS) is 13.7. The lowest BCUT2D eigenvalue weighted by atomic mass is 10.1. The Morgan fingerprint density at radius 2 is 1.83 bits per heavy atom. The average molecular weight is 330 g/mol. The van der Waals surface area contributed by atoms with Crippen molar-refractivity contribution in [2.24, 2.45) is 0 Å². The quantitative estimate of drug-likeness (QED) is 0.920. The summed E-state index contributed by atoms with van der Waals surface area (Å²) in [4.78, 5) is 14.4. The van der Waals surface area contributed by atoms with E-state index < -0.39 is 9.84 Å². The fourth-order valence-corrected chi connectivity index (χ4v) is 3.31. The highest BCUT2D eigenvalue weighted by Gasteiger charge is 2.24. The number of carbonyl (C=O) groups excluding carboxylic acids is 1. The molecule has 0 unspecified atom stereocenters. The molecule has 5 nitrogen and oxygen atoms in total. The number of nitrogens with one attached hydrogen (secondary N) is 1. The third-order valence-corrected chi connectivity index (χ3v) is 5.04. The van der Waals surface area contributed by atoms with Gasteiger partial charge in [0.1, 0.15) is 0 Å². The number of anilines is 2. The lowest BCUT2D eigenvalue weighted by Crippen LogP contribution is -2.33. The molecule has 0 aromatic heterocycles. The summed E-state index contributed by atoms with van der Waals surface area (Å²) >= 11 is 0. The Labute approximate surface area is 135 Å². The van der Waals surface area contributed by atoms with Crippen molar-refractivity contribution in [3.8, 4) is 0 Å². The van der Waals surface area contributed by atoms with Crippen LogP contribution in [0.4, 0.5) is 16.2 Å². The Hall–Kier alpha value is -2.34. The molecule has 2 aromatic rings. The van der Waals surface area contributed by atoms with E-state index in [4.69, 9.17) is 0 Å². The average Bonchev–Trinajstić information content (AvgIpc) is 2.90. The standard InChI is InChI=1S/C17H18N2O3S/c1-12-3-4-13-9-10-19(16(13)11-12)17(20)18-14-5-7-15(8-6-14)23(2,21)22/h3-8,11H,9-10H2,1-2H3,(H,18,20). The predicted octanol–water partition coefficient (Wildman–Crippen LogP) is 2.99. The molecule has 0 radical (unpaired) electrons. The molecule has 1 N–H and O–H groups in total. The van der Waals surface area contributed by atoms with Gasteiger partial charge in [-0.1, -0.05) is 12.1 Å². The third kappa shape index (κ3) is 3.22. The monoisotopic (exact) mass is 330 g/mol. The van der Waals surface area contributed by atoms with Crippen molar-refractivity contribution in [2.45, 2.75) is 18.2 Å². The first-order chi connectivity index (χ1) is 10.8. The number of nitrogens with zero attached hydrogens (tertiary/aromatic N) is 1. The fourth-order valence-electron chi connectivity index (χ4n) is 2.68. The minimum Gasteiger partial charge on any atom is -0.308 e. The van der Waals surface area contributed by atoms with Gasteiger partial charge in [-0.25, -0.2) is 13.2 Å². The van der Waals surface area contributed by atoms with E-state index in [0.717, 1.165) is 29.5 Å². The maximum atomic E-state index is 12.5. The van der Waals surface area contributed by atoms with E-state index in [9.17, 15) is 13.2 Å². The van der Waals surface area contributed by atoms with Gasteiger partial charge in [-0.3, -0.25) is 4.90 Å². The molecule has 1 aliphatic rings. The smallest absolute Gasteiger partial charge is 0.308 e. The summed E-state index contributed by atoms with van der Waals surface area (Å²) in [7, 11) is -3.23. The summed E-state index contributed by atoms with van der Waals surface area (Å²) in [5.74, 6) is 0. The van der Waals surface area contributed by atoms with Gasteiger partial charge in [-0.2, -0.15) is 0 Å². The van der Waals surface area contributed by atoms with Gasteiger partial charge in [0, 0.05) is 24.2 Å². The number of rotatable bonds is 2. The molecule has 2 amide bonds. The highest BCUT2D eigenvalue weighted by atomic mass is 32.2. The minimum absolute atomic E-state index is 0.207. The molecule has 0 atom stereocenters. The molecule has 0 spiro atoms. The number of urea groups is 1. The van der Waals surface area contributed by atoms with E-state index in [-0.39, 0.29) is 10.9 Å². The second kappa shape index (κ2) is 5.70. The number of fused-ring (bicyclic) bond motifs is 1. The number of hydrogen-bond donors (Lipinski definition) is 1. The van der Waals surface area contributed by atoms with Crippen molar-refractivity contribution in [2.75, 3.05) is 23.0 Å². The van der Waals surface area contributed by atoms with Crippen LogP contribution in [0.5, 0.6) is 0 Å². The van der Waals surface area contributed by atoms with Crippen LogP contribution in [0, 0.1) is 6.92 Å². The van der Waals surface area contributed by atoms with Gasteiger partial charge in [0.2, 0.25) is 0 Å². The van der Waals surface area contributed by atoms with Crippen molar-refractivity contribution >= 4 is 27.2 Å². The Balaban J connectivity index is 1.77. The Morgan fingerprint density at radius 3 is 2.48 bits per heavy atom. The van der Waals surface area contributed by atoms with Crippen LogP contribution in [0.3, 0.4) is 0 Å². The van der Waals surface area contributed by atoms with Crippen molar-refractivity contribution in [3.05, 3.63) is 53.6 Å². The number of aryl methyl sites for hydroxylation is 1. The zero-order valence-electron chi connectivity index (χ0n) is 13.0. The van der Waals surface area contributed by atoms with E-state index >= 15 is 0 Å². The molecule has 0 bridgehead atoms. The highest BCUT2D eigenvalue weighted by Crippen LogP contribution is 2.29. The maximum absolute atomic E-state index is 12.5. The molecule has 0 saturated heterocycles. The number of hydrogen-bond acceptors (Lipinski definition) is 3. The van der Waals surface area contributed by atoms with Crippen LogP contribution in [0.1, 0.15) is 11.1 Å². The number of amides is 2. The number of benzene rings is 2. The van der Waals surface area contributed by atoms with Gasteiger partial charge in [-0.15, -0.1) is 0 Å².